The number of hydrogen-bond acceptors (Lipinski definition) is 5. The molecule has 152 valence electrons. The van der Waals surface area contributed by atoms with E-state index in [-0.39, 0.29) is 12.6 Å². The van der Waals surface area contributed by atoms with Crippen LogP contribution < -0.4 is 5.32 Å². The number of aromatic carboxylic acids is 1. The summed E-state index contributed by atoms with van der Waals surface area (Å²) >= 11 is 0. The van der Waals surface area contributed by atoms with Crippen molar-refractivity contribution < 1.29 is 24.2 Å². The molecule has 0 bridgehead atoms. The Labute approximate surface area is 161 Å². The standard InChI is InChI=1S/C18H31N3O5Si/c1-17(2,3)26-16(24)20-18(7-8-18)13-11-21(14(19-13)15(22)23)12-25-9-10-27(4,5)6/h11H,7-10,12H2,1-6H3,(H,20,24)(H,22,23). The number of ether oxygens (including phenoxy) is 2. The quantitative estimate of drug-likeness (QED) is 0.515. The molecular weight excluding hydrogens is 366 g/mol. The van der Waals surface area contributed by atoms with E-state index in [1.807, 2.05) is 0 Å². The van der Waals surface area contributed by atoms with Crippen molar-refractivity contribution in [1.82, 2.24) is 14.9 Å². The molecule has 0 aromatic carbocycles. The van der Waals surface area contributed by atoms with E-state index in [9.17, 15) is 14.7 Å². The average molecular weight is 398 g/mol. The summed E-state index contributed by atoms with van der Waals surface area (Å²) in [7, 11) is -1.21. The number of nitrogens with one attached hydrogen (secondary N) is 1. The molecule has 1 heterocycles. The normalized spacial score (nSPS) is 16.1. The first-order valence-electron chi connectivity index (χ1n) is 9.21. The minimum absolute atomic E-state index is 0.0877. The molecule has 9 heteroatoms. The van der Waals surface area contributed by atoms with Crippen LogP contribution >= 0.6 is 0 Å². The van der Waals surface area contributed by atoms with Crippen LogP contribution in [0.2, 0.25) is 25.7 Å². The number of nitrogens with zero attached hydrogens (tertiary/aromatic N) is 2. The number of carboxylic acids is 1. The highest BCUT2D eigenvalue weighted by atomic mass is 28.3. The molecule has 0 radical (unpaired) electrons. The first kappa shape index (κ1) is 21.4. The van der Waals surface area contributed by atoms with Crippen molar-refractivity contribution in [2.75, 3.05) is 6.61 Å². The molecule has 1 fully saturated rings. The number of imidazole rings is 1. The fraction of sp³-hybridized carbons (Fsp3) is 0.722. The lowest BCUT2D eigenvalue weighted by atomic mass is 10.2. The van der Waals surface area contributed by atoms with Gasteiger partial charge in [0.05, 0.1) is 11.2 Å². The minimum Gasteiger partial charge on any atom is -0.475 e. The van der Waals surface area contributed by atoms with Crippen LogP contribution in [0.3, 0.4) is 0 Å². The van der Waals surface area contributed by atoms with Gasteiger partial charge in [-0.2, -0.15) is 0 Å². The number of carbonyl (C=O) groups excluding carboxylic acids is 1. The van der Waals surface area contributed by atoms with Gasteiger partial charge in [-0.25, -0.2) is 14.6 Å². The maximum atomic E-state index is 12.1. The molecule has 1 aromatic heterocycles. The Hall–Kier alpha value is -1.87. The van der Waals surface area contributed by atoms with Crippen molar-refractivity contribution in [1.29, 1.82) is 0 Å². The zero-order valence-electron chi connectivity index (χ0n) is 17.1. The SMILES string of the molecule is CC(C)(C)OC(=O)NC1(c2cn(COCC[Si](C)(C)C)c(C(=O)O)n2)CC1. The van der Waals surface area contributed by atoms with Gasteiger partial charge in [0.15, 0.2) is 0 Å². The smallest absolute Gasteiger partial charge is 0.408 e. The van der Waals surface area contributed by atoms with Crippen LogP contribution in [0.1, 0.15) is 49.9 Å². The van der Waals surface area contributed by atoms with Gasteiger partial charge in [0, 0.05) is 20.9 Å². The molecule has 0 unspecified atom stereocenters. The number of alkyl carbamates (subject to hydrolysis) is 1. The van der Waals surface area contributed by atoms with E-state index in [4.69, 9.17) is 9.47 Å². The summed E-state index contributed by atoms with van der Waals surface area (Å²) in [6, 6.07) is 1.00. The number of rotatable bonds is 8. The average Bonchev–Trinajstić information content (AvgIpc) is 3.10. The molecule has 8 nitrogen and oxygen atoms in total. The van der Waals surface area contributed by atoms with Crippen molar-refractivity contribution >= 4 is 20.1 Å². The van der Waals surface area contributed by atoms with E-state index in [2.05, 4.69) is 29.9 Å². The number of aromatic nitrogens is 2. The molecule has 0 spiro atoms. The Morgan fingerprint density at radius 1 is 1.33 bits per heavy atom. The van der Waals surface area contributed by atoms with Gasteiger partial charge in [0.1, 0.15) is 12.3 Å². The number of hydrogen-bond donors (Lipinski definition) is 2. The highest BCUT2D eigenvalue weighted by molar-refractivity contribution is 6.76. The maximum absolute atomic E-state index is 12.1. The Balaban J connectivity index is 2.07. The van der Waals surface area contributed by atoms with E-state index in [1.54, 1.807) is 27.0 Å². The third-order valence-electron chi connectivity index (χ3n) is 4.18. The summed E-state index contributed by atoms with van der Waals surface area (Å²) in [4.78, 5) is 27.9. The van der Waals surface area contributed by atoms with Crippen molar-refractivity contribution in [3.05, 3.63) is 17.7 Å². The van der Waals surface area contributed by atoms with E-state index in [0.29, 0.717) is 25.1 Å². The van der Waals surface area contributed by atoms with Crippen molar-refractivity contribution in [3.8, 4) is 0 Å². The first-order chi connectivity index (χ1) is 12.3. The lowest BCUT2D eigenvalue weighted by Crippen LogP contribution is -2.39. The highest BCUT2D eigenvalue weighted by Gasteiger charge is 2.49. The van der Waals surface area contributed by atoms with E-state index < -0.39 is 31.3 Å². The van der Waals surface area contributed by atoms with Gasteiger partial charge in [-0.3, -0.25) is 0 Å². The number of carbonyl (C=O) groups is 2. The largest absolute Gasteiger partial charge is 0.475 e. The summed E-state index contributed by atoms with van der Waals surface area (Å²) in [5.41, 5.74) is -0.731. The Morgan fingerprint density at radius 3 is 2.44 bits per heavy atom. The number of carboxylic acid groups (broad SMARTS) is 1. The van der Waals surface area contributed by atoms with Gasteiger partial charge in [-0.15, -0.1) is 0 Å². The van der Waals surface area contributed by atoms with Crippen LogP contribution in [0, 0.1) is 0 Å². The van der Waals surface area contributed by atoms with E-state index >= 15 is 0 Å². The van der Waals surface area contributed by atoms with Gasteiger partial charge in [0.25, 0.3) is 0 Å². The van der Waals surface area contributed by atoms with Crippen LogP contribution in [-0.4, -0.2) is 47.0 Å². The Bertz CT molecular complexity index is 699. The van der Waals surface area contributed by atoms with Crippen LogP contribution in [0.25, 0.3) is 0 Å². The molecule has 0 saturated heterocycles. The Kier molecular flexibility index (Phi) is 6.05. The van der Waals surface area contributed by atoms with Crippen LogP contribution in [0.5, 0.6) is 0 Å². The van der Waals surface area contributed by atoms with Gasteiger partial charge < -0.3 is 24.5 Å². The minimum atomic E-state index is -1.21. The first-order valence-corrected chi connectivity index (χ1v) is 12.9. The summed E-state index contributed by atoms with van der Waals surface area (Å²) in [6.07, 6.45) is 2.51. The molecule has 27 heavy (non-hydrogen) atoms. The summed E-state index contributed by atoms with van der Waals surface area (Å²) in [6.45, 7) is 12.9. The second-order valence-electron chi connectivity index (χ2n) is 9.28. The molecule has 2 N–H and O–H groups in total. The molecule has 1 saturated carbocycles. The van der Waals surface area contributed by atoms with Gasteiger partial charge in [-0.1, -0.05) is 19.6 Å². The van der Waals surface area contributed by atoms with Crippen molar-refractivity contribution in [2.24, 2.45) is 0 Å². The lowest BCUT2D eigenvalue weighted by Gasteiger charge is -2.22. The predicted octanol–water partition coefficient (Wildman–Crippen LogP) is 3.41. The molecular formula is C18H31N3O5Si. The van der Waals surface area contributed by atoms with Crippen molar-refractivity contribution in [2.45, 2.75) is 77.2 Å². The zero-order valence-corrected chi connectivity index (χ0v) is 18.1. The molecule has 1 amide bonds. The summed E-state index contributed by atoms with van der Waals surface area (Å²) in [5.74, 6) is -1.21. The van der Waals surface area contributed by atoms with E-state index in [1.165, 1.54) is 4.57 Å². The van der Waals surface area contributed by atoms with Crippen LogP contribution in [0.15, 0.2) is 6.20 Å². The molecule has 1 aliphatic carbocycles. The second kappa shape index (κ2) is 7.63. The maximum Gasteiger partial charge on any atom is 0.408 e. The van der Waals surface area contributed by atoms with Crippen molar-refractivity contribution in [3.63, 3.8) is 0 Å². The monoisotopic (exact) mass is 397 g/mol. The second-order valence-corrected chi connectivity index (χ2v) is 14.9. The fourth-order valence-corrected chi connectivity index (χ4v) is 3.28. The summed E-state index contributed by atoms with van der Waals surface area (Å²) in [5, 5.41) is 12.3. The Morgan fingerprint density at radius 2 is 1.96 bits per heavy atom. The highest BCUT2D eigenvalue weighted by Crippen LogP contribution is 2.45. The topological polar surface area (TPSA) is 103 Å². The molecule has 2 rings (SSSR count). The van der Waals surface area contributed by atoms with Crippen LogP contribution in [0.4, 0.5) is 4.79 Å². The van der Waals surface area contributed by atoms with Gasteiger partial charge in [-0.05, 0) is 39.7 Å². The predicted molar refractivity (Wildman–Crippen MR) is 104 cm³/mol. The van der Waals surface area contributed by atoms with E-state index in [0.717, 1.165) is 6.04 Å². The molecule has 1 aromatic rings. The third-order valence-corrected chi connectivity index (χ3v) is 5.88. The molecule has 0 aliphatic heterocycles. The molecule has 1 aliphatic rings. The van der Waals surface area contributed by atoms with Gasteiger partial charge >= 0.3 is 12.1 Å². The van der Waals surface area contributed by atoms with Crippen LogP contribution in [-0.2, 0) is 21.7 Å². The zero-order chi connectivity index (χ0) is 20.5. The molecule has 0 atom stereocenters. The third kappa shape index (κ3) is 6.35. The fourth-order valence-electron chi connectivity index (χ4n) is 2.53. The summed E-state index contributed by atoms with van der Waals surface area (Å²) < 4.78 is 12.5. The van der Waals surface area contributed by atoms with Gasteiger partial charge in [0.2, 0.25) is 5.82 Å². The lowest BCUT2D eigenvalue weighted by molar-refractivity contribution is 0.0493. The number of amides is 1.